The maximum absolute atomic E-state index is 12.5. The number of nitrogens with one attached hydrogen (secondary N) is 1. The zero-order valence-electron chi connectivity index (χ0n) is 16.7. The van der Waals surface area contributed by atoms with Crippen molar-refractivity contribution in [1.82, 2.24) is 0 Å². The fourth-order valence-corrected chi connectivity index (χ4v) is 3.89. The van der Waals surface area contributed by atoms with Crippen LogP contribution in [0.5, 0.6) is 0 Å². The minimum absolute atomic E-state index is 0.121. The Morgan fingerprint density at radius 3 is 2.24 bits per heavy atom. The lowest BCUT2D eigenvalue weighted by Crippen LogP contribution is -2.37. The van der Waals surface area contributed by atoms with Crippen LogP contribution in [0.3, 0.4) is 0 Å². The van der Waals surface area contributed by atoms with Gasteiger partial charge in [0.2, 0.25) is 15.9 Å². The number of benzene rings is 2. The fraction of sp³-hybridized carbons (Fsp3) is 0.300. The molecule has 0 aliphatic heterocycles. The summed E-state index contributed by atoms with van der Waals surface area (Å²) in [6.07, 6.45) is 1.04. The van der Waals surface area contributed by atoms with E-state index in [-0.39, 0.29) is 17.2 Å². The molecule has 156 valence electrons. The first-order valence-corrected chi connectivity index (χ1v) is 11.1. The summed E-state index contributed by atoms with van der Waals surface area (Å²) in [6, 6.07) is 9.66. The zero-order valence-corrected chi connectivity index (χ0v) is 18.2. The summed E-state index contributed by atoms with van der Waals surface area (Å²) in [5.41, 5.74) is 2.70. The van der Waals surface area contributed by atoms with Crippen molar-refractivity contribution >= 4 is 44.9 Å². The third-order valence-electron chi connectivity index (χ3n) is 3.93. The Morgan fingerprint density at radius 1 is 1.10 bits per heavy atom. The van der Waals surface area contributed by atoms with Crippen LogP contribution in [-0.2, 0) is 19.6 Å². The van der Waals surface area contributed by atoms with Gasteiger partial charge in [0, 0.05) is 5.69 Å². The normalized spacial score (nSPS) is 11.1. The minimum atomic E-state index is -3.69. The number of ether oxygens (including phenoxy) is 1. The lowest BCUT2D eigenvalue weighted by molar-refractivity contribution is -0.114. The number of anilines is 2. The molecule has 1 N–H and O–H groups in total. The van der Waals surface area contributed by atoms with Crippen molar-refractivity contribution in [2.24, 2.45) is 0 Å². The number of amides is 1. The molecule has 0 aliphatic carbocycles. The van der Waals surface area contributed by atoms with Gasteiger partial charge in [0.15, 0.2) is 0 Å². The van der Waals surface area contributed by atoms with Crippen molar-refractivity contribution in [2.45, 2.75) is 20.8 Å². The summed E-state index contributed by atoms with van der Waals surface area (Å²) in [5.74, 6) is -1.11. The van der Waals surface area contributed by atoms with Gasteiger partial charge in [-0.05, 0) is 62.2 Å². The van der Waals surface area contributed by atoms with Crippen LogP contribution in [0.1, 0.15) is 28.4 Å². The van der Waals surface area contributed by atoms with Crippen LogP contribution < -0.4 is 9.62 Å². The largest absolute Gasteiger partial charge is 0.462 e. The highest BCUT2D eigenvalue weighted by atomic mass is 35.5. The molecule has 2 rings (SSSR count). The molecular formula is C20H23ClN2O5S. The molecule has 0 spiro atoms. The van der Waals surface area contributed by atoms with Crippen molar-refractivity contribution in [3.05, 3.63) is 58.1 Å². The van der Waals surface area contributed by atoms with Crippen LogP contribution in [0.4, 0.5) is 11.4 Å². The van der Waals surface area contributed by atoms with Crippen molar-refractivity contribution in [1.29, 1.82) is 0 Å². The quantitative estimate of drug-likeness (QED) is 0.667. The van der Waals surface area contributed by atoms with Crippen LogP contribution in [0.25, 0.3) is 0 Å². The van der Waals surface area contributed by atoms with E-state index in [1.807, 2.05) is 19.9 Å². The van der Waals surface area contributed by atoms with E-state index in [2.05, 4.69) is 5.32 Å². The third kappa shape index (κ3) is 6.20. The molecule has 0 saturated heterocycles. The fourth-order valence-electron chi connectivity index (χ4n) is 2.79. The van der Waals surface area contributed by atoms with Crippen LogP contribution in [0.2, 0.25) is 5.02 Å². The van der Waals surface area contributed by atoms with E-state index in [1.165, 1.54) is 18.2 Å². The average Bonchev–Trinajstić information content (AvgIpc) is 2.58. The summed E-state index contributed by atoms with van der Waals surface area (Å²) in [4.78, 5) is 24.3. The monoisotopic (exact) mass is 438 g/mol. The molecule has 29 heavy (non-hydrogen) atoms. The third-order valence-corrected chi connectivity index (χ3v) is 5.38. The zero-order chi connectivity index (χ0) is 21.8. The molecule has 0 bridgehead atoms. The highest BCUT2D eigenvalue weighted by Crippen LogP contribution is 2.23. The maximum atomic E-state index is 12.5. The Balaban J connectivity index is 2.21. The number of rotatable bonds is 7. The lowest BCUT2D eigenvalue weighted by Gasteiger charge is -2.23. The lowest BCUT2D eigenvalue weighted by atomic mass is 10.1. The number of carbonyl (C=O) groups excluding carboxylic acids is 2. The van der Waals surface area contributed by atoms with Gasteiger partial charge in [-0.1, -0.05) is 17.7 Å². The molecule has 7 nitrogen and oxygen atoms in total. The molecule has 9 heteroatoms. The van der Waals surface area contributed by atoms with E-state index in [4.69, 9.17) is 16.3 Å². The average molecular weight is 439 g/mol. The topological polar surface area (TPSA) is 92.8 Å². The molecule has 0 fully saturated rings. The van der Waals surface area contributed by atoms with Crippen LogP contribution in [-0.4, -0.2) is 39.7 Å². The Bertz CT molecular complexity index is 1020. The predicted molar refractivity (Wildman–Crippen MR) is 114 cm³/mol. The molecule has 1 amide bonds. The first kappa shape index (κ1) is 22.7. The standard InChI is InChI=1S/C20H23ClN2O5S/c1-5-28-20(25)17-7-6-15(11-18(17)21)22-19(24)12-23(29(4,26)27)16-9-13(2)8-14(3)10-16/h6-11H,5,12H2,1-4H3,(H,22,24). The SMILES string of the molecule is CCOC(=O)c1ccc(NC(=O)CN(c2cc(C)cc(C)c2)S(C)(=O)=O)cc1Cl. The van der Waals surface area contributed by atoms with Crippen LogP contribution in [0.15, 0.2) is 36.4 Å². The smallest absolute Gasteiger partial charge is 0.339 e. The van der Waals surface area contributed by atoms with Gasteiger partial charge in [-0.25, -0.2) is 13.2 Å². The van der Waals surface area contributed by atoms with Gasteiger partial charge >= 0.3 is 5.97 Å². The molecular weight excluding hydrogens is 416 g/mol. The second kappa shape index (κ2) is 9.28. The van der Waals surface area contributed by atoms with E-state index in [1.54, 1.807) is 19.1 Å². The summed E-state index contributed by atoms with van der Waals surface area (Å²) in [7, 11) is -3.69. The molecule has 2 aromatic rings. The maximum Gasteiger partial charge on any atom is 0.339 e. The predicted octanol–water partition coefficient (Wildman–Crippen LogP) is 3.54. The van der Waals surface area contributed by atoms with Crippen molar-refractivity contribution in [2.75, 3.05) is 29.0 Å². The first-order valence-electron chi connectivity index (χ1n) is 8.83. The number of hydrogen-bond donors (Lipinski definition) is 1. The number of hydrogen-bond acceptors (Lipinski definition) is 5. The Morgan fingerprint density at radius 2 is 1.72 bits per heavy atom. The summed E-state index contributed by atoms with van der Waals surface area (Å²) >= 11 is 6.09. The summed E-state index contributed by atoms with van der Waals surface area (Å²) in [5, 5.41) is 2.72. The number of nitrogens with zero attached hydrogens (tertiary/aromatic N) is 1. The molecule has 0 aromatic heterocycles. The number of aryl methyl sites for hydroxylation is 2. The van der Waals surface area contributed by atoms with Crippen molar-refractivity contribution in [3.63, 3.8) is 0 Å². The highest BCUT2D eigenvalue weighted by molar-refractivity contribution is 7.92. The van der Waals surface area contributed by atoms with E-state index in [0.717, 1.165) is 21.7 Å². The molecule has 0 unspecified atom stereocenters. The minimum Gasteiger partial charge on any atom is -0.462 e. The number of sulfonamides is 1. The Labute approximate surface area is 175 Å². The Kier molecular flexibility index (Phi) is 7.26. The number of carbonyl (C=O) groups is 2. The molecule has 0 radical (unpaired) electrons. The molecule has 2 aromatic carbocycles. The second-order valence-corrected chi connectivity index (χ2v) is 8.89. The number of halogens is 1. The van der Waals surface area contributed by atoms with Crippen molar-refractivity contribution in [3.8, 4) is 0 Å². The van der Waals surface area contributed by atoms with Gasteiger partial charge in [-0.15, -0.1) is 0 Å². The molecule has 0 heterocycles. The van der Waals surface area contributed by atoms with Gasteiger partial charge in [0.1, 0.15) is 6.54 Å². The van der Waals surface area contributed by atoms with Gasteiger partial charge in [-0.2, -0.15) is 0 Å². The van der Waals surface area contributed by atoms with E-state index >= 15 is 0 Å². The van der Waals surface area contributed by atoms with Gasteiger partial charge in [0.05, 0.1) is 29.1 Å². The number of esters is 1. The molecule has 0 aliphatic rings. The Hall–Kier alpha value is -2.58. The van der Waals surface area contributed by atoms with Crippen molar-refractivity contribution < 1.29 is 22.7 Å². The van der Waals surface area contributed by atoms with E-state index in [9.17, 15) is 18.0 Å². The first-order chi connectivity index (χ1) is 13.5. The highest BCUT2D eigenvalue weighted by Gasteiger charge is 2.22. The second-order valence-electron chi connectivity index (χ2n) is 6.58. The summed E-state index contributed by atoms with van der Waals surface area (Å²) in [6.45, 7) is 5.20. The van der Waals surface area contributed by atoms with Gasteiger partial charge in [0.25, 0.3) is 0 Å². The van der Waals surface area contributed by atoms with E-state index in [0.29, 0.717) is 11.4 Å². The van der Waals surface area contributed by atoms with E-state index < -0.39 is 28.4 Å². The molecule has 0 atom stereocenters. The van der Waals surface area contributed by atoms with Gasteiger partial charge in [-0.3, -0.25) is 9.10 Å². The van der Waals surface area contributed by atoms with Crippen LogP contribution in [0, 0.1) is 13.8 Å². The van der Waals surface area contributed by atoms with Crippen LogP contribution >= 0.6 is 11.6 Å². The molecule has 0 saturated carbocycles. The summed E-state index contributed by atoms with van der Waals surface area (Å²) < 4.78 is 30.4. The van der Waals surface area contributed by atoms with Gasteiger partial charge < -0.3 is 10.1 Å².